The molecule has 4 rings (SSSR count). The first-order valence-electron chi connectivity index (χ1n) is 9.17. The fraction of sp³-hybridized carbons (Fsp3) is 0.0435. The van der Waals surface area contributed by atoms with E-state index in [1.165, 1.54) is 48.7 Å². The van der Waals surface area contributed by atoms with E-state index >= 15 is 0 Å². The van der Waals surface area contributed by atoms with E-state index in [1.54, 1.807) is 12.1 Å². The summed E-state index contributed by atoms with van der Waals surface area (Å²) in [5.74, 6) is 0.0105. The molecule has 4 aromatic rings. The molecule has 0 N–H and O–H groups in total. The van der Waals surface area contributed by atoms with Crippen LogP contribution in [0.4, 0.5) is 5.69 Å². The predicted molar refractivity (Wildman–Crippen MR) is 112 cm³/mol. The Balaban J connectivity index is 1.56. The summed E-state index contributed by atoms with van der Waals surface area (Å²) in [6.45, 7) is 1.91. The third-order valence-corrected chi connectivity index (χ3v) is 4.46. The number of nitro groups is 1. The van der Waals surface area contributed by atoms with Crippen LogP contribution < -0.4 is 14.9 Å². The highest BCUT2D eigenvalue weighted by Crippen LogP contribution is 2.25. The highest BCUT2D eigenvalue weighted by molar-refractivity contribution is 5.92. The van der Waals surface area contributed by atoms with Gasteiger partial charge in [0.05, 0.1) is 15.9 Å². The Hall–Kier alpha value is -4.46. The number of carbonyl (C=O) groups is 1. The van der Waals surface area contributed by atoms with Gasteiger partial charge >= 0.3 is 5.97 Å². The molecule has 1 aromatic heterocycles. The third-order valence-electron chi connectivity index (χ3n) is 4.46. The summed E-state index contributed by atoms with van der Waals surface area (Å²) in [6, 6.07) is 16.6. The zero-order valence-corrected chi connectivity index (χ0v) is 16.2. The first kappa shape index (κ1) is 19.8. The Kier molecular flexibility index (Phi) is 5.19. The lowest BCUT2D eigenvalue weighted by atomic mass is 10.2. The minimum absolute atomic E-state index is 0.0359. The number of ether oxygens (including phenoxy) is 2. The number of esters is 1. The third kappa shape index (κ3) is 4.27. The largest absolute Gasteiger partial charge is 0.460 e. The fourth-order valence-corrected chi connectivity index (χ4v) is 2.92. The second-order valence-electron chi connectivity index (χ2n) is 6.70. The number of hydrogen-bond donors (Lipinski definition) is 0. The van der Waals surface area contributed by atoms with E-state index in [4.69, 9.17) is 13.9 Å². The normalized spacial score (nSPS) is 10.6. The van der Waals surface area contributed by atoms with Gasteiger partial charge in [-0.05, 0) is 48.9 Å². The van der Waals surface area contributed by atoms with E-state index in [9.17, 15) is 19.7 Å². The molecule has 0 saturated heterocycles. The lowest BCUT2D eigenvalue weighted by molar-refractivity contribution is -0.384. The van der Waals surface area contributed by atoms with E-state index in [-0.39, 0.29) is 39.1 Å². The zero-order valence-electron chi connectivity index (χ0n) is 16.2. The van der Waals surface area contributed by atoms with Crippen LogP contribution in [-0.2, 0) is 0 Å². The van der Waals surface area contributed by atoms with Gasteiger partial charge in [0, 0.05) is 18.2 Å². The van der Waals surface area contributed by atoms with Gasteiger partial charge < -0.3 is 13.9 Å². The van der Waals surface area contributed by atoms with Crippen LogP contribution in [0.1, 0.15) is 15.9 Å². The van der Waals surface area contributed by atoms with E-state index in [1.807, 2.05) is 19.1 Å². The average Bonchev–Trinajstić information content (AvgIpc) is 2.76. The van der Waals surface area contributed by atoms with Gasteiger partial charge in [-0.25, -0.2) is 4.79 Å². The van der Waals surface area contributed by atoms with Crippen molar-refractivity contribution in [3.8, 4) is 17.2 Å². The molecule has 0 unspecified atom stereocenters. The van der Waals surface area contributed by atoms with Gasteiger partial charge in [-0.3, -0.25) is 14.9 Å². The number of carbonyl (C=O) groups excluding carboxylic acids is 1. The van der Waals surface area contributed by atoms with Crippen LogP contribution in [0.3, 0.4) is 0 Å². The van der Waals surface area contributed by atoms with Gasteiger partial charge in [0.1, 0.15) is 23.3 Å². The summed E-state index contributed by atoms with van der Waals surface area (Å²) < 4.78 is 16.4. The molecule has 31 heavy (non-hydrogen) atoms. The zero-order chi connectivity index (χ0) is 22.0. The van der Waals surface area contributed by atoms with Gasteiger partial charge in [0.25, 0.3) is 5.69 Å². The van der Waals surface area contributed by atoms with E-state index in [2.05, 4.69) is 0 Å². The molecule has 0 fully saturated rings. The maximum Gasteiger partial charge on any atom is 0.343 e. The molecule has 8 heteroatoms. The molecule has 0 aliphatic heterocycles. The van der Waals surface area contributed by atoms with Crippen molar-refractivity contribution in [1.82, 2.24) is 0 Å². The van der Waals surface area contributed by atoms with E-state index in [0.29, 0.717) is 5.75 Å². The van der Waals surface area contributed by atoms with Crippen molar-refractivity contribution < 1.29 is 23.6 Å². The molecule has 1 heterocycles. The summed E-state index contributed by atoms with van der Waals surface area (Å²) >= 11 is 0. The number of hydrogen-bond acceptors (Lipinski definition) is 7. The van der Waals surface area contributed by atoms with Gasteiger partial charge in [-0.2, -0.15) is 0 Å². The fourth-order valence-electron chi connectivity index (χ4n) is 2.92. The van der Waals surface area contributed by atoms with Crippen LogP contribution in [-0.4, -0.2) is 10.9 Å². The first-order valence-corrected chi connectivity index (χ1v) is 9.17. The van der Waals surface area contributed by atoms with Gasteiger partial charge in [-0.15, -0.1) is 0 Å². The molecular weight excluding hydrogens is 402 g/mol. The van der Waals surface area contributed by atoms with Crippen LogP contribution in [0.2, 0.25) is 0 Å². The summed E-state index contributed by atoms with van der Waals surface area (Å²) in [5, 5.41) is 11.0. The number of benzene rings is 3. The Morgan fingerprint density at radius 2 is 1.77 bits per heavy atom. The number of non-ortho nitro benzene ring substituents is 1. The molecule has 0 amide bonds. The molecule has 0 saturated carbocycles. The van der Waals surface area contributed by atoms with Crippen LogP contribution in [0.25, 0.3) is 11.0 Å². The second kappa shape index (κ2) is 8.11. The molecule has 0 aliphatic rings. The van der Waals surface area contributed by atoms with Crippen molar-refractivity contribution in [2.75, 3.05) is 0 Å². The van der Waals surface area contributed by atoms with Crippen molar-refractivity contribution in [1.29, 1.82) is 0 Å². The lowest BCUT2D eigenvalue weighted by Gasteiger charge is -2.08. The Labute approximate surface area is 175 Å². The number of rotatable bonds is 5. The van der Waals surface area contributed by atoms with Gasteiger partial charge in [0.15, 0.2) is 0 Å². The van der Waals surface area contributed by atoms with Gasteiger partial charge in [0.2, 0.25) is 11.2 Å². The Bertz CT molecular complexity index is 1360. The summed E-state index contributed by atoms with van der Waals surface area (Å²) in [5.41, 5.74) is 0.857. The standard InChI is InChI=1S/C23H15NO7/c1-14-3-2-4-17(11-14)30-21-13-29-20-12-18(9-10-19(20)22(21)25)31-23(26)15-5-7-16(8-6-15)24(27)28/h2-13H,1H3. The number of fused-ring (bicyclic) bond motifs is 1. The maximum atomic E-state index is 12.7. The van der Waals surface area contributed by atoms with E-state index < -0.39 is 10.9 Å². The topological polar surface area (TPSA) is 109 Å². The Morgan fingerprint density at radius 1 is 1.00 bits per heavy atom. The molecule has 0 atom stereocenters. The minimum Gasteiger partial charge on any atom is -0.460 e. The maximum absolute atomic E-state index is 12.7. The molecule has 0 spiro atoms. The summed E-state index contributed by atoms with van der Waals surface area (Å²) in [6.07, 6.45) is 1.20. The minimum atomic E-state index is -0.698. The lowest BCUT2D eigenvalue weighted by Crippen LogP contribution is -2.09. The van der Waals surface area contributed by atoms with Crippen LogP contribution in [0, 0.1) is 17.0 Å². The molecule has 3 aromatic carbocycles. The predicted octanol–water partition coefficient (Wildman–Crippen LogP) is 5.02. The van der Waals surface area contributed by atoms with Crippen molar-refractivity contribution in [2.45, 2.75) is 6.92 Å². The van der Waals surface area contributed by atoms with Crippen molar-refractivity contribution in [3.05, 3.63) is 104 Å². The summed E-state index contributed by atoms with van der Waals surface area (Å²) in [4.78, 5) is 35.1. The highest BCUT2D eigenvalue weighted by Gasteiger charge is 2.14. The smallest absolute Gasteiger partial charge is 0.343 e. The SMILES string of the molecule is Cc1cccc(Oc2coc3cc(OC(=O)c4ccc([N+](=O)[O-])cc4)ccc3c2=O)c1. The van der Waals surface area contributed by atoms with E-state index in [0.717, 1.165) is 5.56 Å². The Morgan fingerprint density at radius 3 is 2.48 bits per heavy atom. The van der Waals surface area contributed by atoms with Gasteiger partial charge in [-0.1, -0.05) is 12.1 Å². The molecular formula is C23H15NO7. The quantitative estimate of drug-likeness (QED) is 0.194. The van der Waals surface area contributed by atoms with Crippen molar-refractivity contribution >= 4 is 22.6 Å². The average molecular weight is 417 g/mol. The van der Waals surface area contributed by atoms with Crippen LogP contribution >= 0.6 is 0 Å². The second-order valence-corrected chi connectivity index (χ2v) is 6.70. The molecule has 0 bridgehead atoms. The molecule has 8 nitrogen and oxygen atoms in total. The molecule has 0 radical (unpaired) electrons. The monoisotopic (exact) mass is 417 g/mol. The highest BCUT2D eigenvalue weighted by atomic mass is 16.6. The van der Waals surface area contributed by atoms with Crippen molar-refractivity contribution in [2.24, 2.45) is 0 Å². The summed E-state index contributed by atoms with van der Waals surface area (Å²) in [7, 11) is 0. The number of nitro benzene ring substituents is 1. The van der Waals surface area contributed by atoms with Crippen LogP contribution in [0.5, 0.6) is 17.2 Å². The van der Waals surface area contributed by atoms with Crippen molar-refractivity contribution in [3.63, 3.8) is 0 Å². The van der Waals surface area contributed by atoms with Crippen LogP contribution in [0.15, 0.2) is 82.2 Å². The molecule has 154 valence electrons. The number of aryl methyl sites for hydroxylation is 1. The molecule has 0 aliphatic carbocycles. The number of nitrogens with zero attached hydrogens (tertiary/aromatic N) is 1. The first-order chi connectivity index (χ1) is 14.9.